The molecule has 2 heterocycles. The van der Waals surface area contributed by atoms with Gasteiger partial charge in [0.15, 0.2) is 5.96 Å². The van der Waals surface area contributed by atoms with Gasteiger partial charge in [0, 0.05) is 12.6 Å². The average molecular weight is 245 g/mol. The maximum Gasteiger partial charge on any atom is 0.197 e. The lowest BCUT2D eigenvalue weighted by Crippen LogP contribution is -2.27. The van der Waals surface area contributed by atoms with Gasteiger partial charge in [0.2, 0.25) is 0 Å². The molecular formula is C12H12FN5. The summed E-state index contributed by atoms with van der Waals surface area (Å²) in [5.74, 6) is 1.26. The first-order chi connectivity index (χ1) is 8.83. The lowest BCUT2D eigenvalue weighted by Gasteiger charge is -2.09. The number of nitrogens with one attached hydrogen (secondary N) is 2. The molecular weight excluding hydrogens is 233 g/mol. The molecule has 92 valence electrons. The van der Waals surface area contributed by atoms with Crippen LogP contribution in [0, 0.1) is 5.82 Å². The fourth-order valence-electron chi connectivity index (χ4n) is 1.79. The van der Waals surface area contributed by atoms with Crippen LogP contribution in [0.25, 0.3) is 5.69 Å². The van der Waals surface area contributed by atoms with Gasteiger partial charge >= 0.3 is 0 Å². The predicted octanol–water partition coefficient (Wildman–Crippen LogP) is 1.38. The van der Waals surface area contributed by atoms with Crippen LogP contribution in [0.5, 0.6) is 0 Å². The topological polar surface area (TPSA) is 54.2 Å². The van der Waals surface area contributed by atoms with Crippen LogP contribution in [0.4, 0.5) is 10.2 Å². The van der Waals surface area contributed by atoms with Gasteiger partial charge < -0.3 is 10.6 Å². The number of benzene rings is 1. The summed E-state index contributed by atoms with van der Waals surface area (Å²) in [6.07, 6.45) is 1.68. The minimum atomic E-state index is -0.262. The molecule has 0 saturated carbocycles. The molecule has 2 N–H and O–H groups in total. The molecule has 2 aromatic rings. The molecule has 0 radical (unpaired) electrons. The van der Waals surface area contributed by atoms with Gasteiger partial charge in [0.1, 0.15) is 11.6 Å². The Morgan fingerprint density at radius 1 is 1.22 bits per heavy atom. The molecule has 0 atom stereocenters. The smallest absolute Gasteiger partial charge is 0.197 e. The lowest BCUT2D eigenvalue weighted by molar-refractivity contribution is 0.627. The van der Waals surface area contributed by atoms with Crippen LogP contribution >= 0.6 is 0 Å². The summed E-state index contributed by atoms with van der Waals surface area (Å²) in [6, 6.07) is 8.01. The molecule has 0 saturated heterocycles. The Balaban J connectivity index is 1.88. The maximum atomic E-state index is 12.9. The zero-order chi connectivity index (χ0) is 12.4. The summed E-state index contributed by atoms with van der Waals surface area (Å²) >= 11 is 0. The number of aromatic nitrogens is 2. The minimum absolute atomic E-state index is 0.262. The molecule has 1 aromatic carbocycles. The van der Waals surface area contributed by atoms with Crippen molar-refractivity contribution >= 4 is 11.8 Å². The molecule has 1 aliphatic rings. The van der Waals surface area contributed by atoms with Crippen LogP contribution in [-0.2, 0) is 0 Å². The summed E-state index contributed by atoms with van der Waals surface area (Å²) < 4.78 is 14.6. The van der Waals surface area contributed by atoms with Crippen molar-refractivity contribution in [1.29, 1.82) is 0 Å². The van der Waals surface area contributed by atoms with E-state index in [2.05, 4.69) is 20.7 Å². The standard InChI is InChI=1S/C12H12FN5/c13-9-1-3-10(4-2-9)18-11(5-6-16-18)17-12-14-7-8-15-12/h1-6H,7-8H2,(H2,14,15,17). The van der Waals surface area contributed by atoms with E-state index in [1.54, 1.807) is 23.0 Å². The maximum absolute atomic E-state index is 12.9. The van der Waals surface area contributed by atoms with Gasteiger partial charge in [0.05, 0.1) is 18.4 Å². The number of halogens is 1. The zero-order valence-electron chi connectivity index (χ0n) is 9.60. The Bertz CT molecular complexity index is 572. The van der Waals surface area contributed by atoms with Crippen LogP contribution in [0.3, 0.4) is 0 Å². The van der Waals surface area contributed by atoms with Crippen LogP contribution in [-0.4, -0.2) is 28.8 Å². The number of hydrogen-bond acceptors (Lipinski definition) is 4. The third-order valence-electron chi connectivity index (χ3n) is 2.63. The quantitative estimate of drug-likeness (QED) is 0.840. The molecule has 0 spiro atoms. The second kappa shape index (κ2) is 4.48. The van der Waals surface area contributed by atoms with E-state index in [1.807, 2.05) is 6.07 Å². The number of rotatable bonds is 2. The van der Waals surface area contributed by atoms with Crippen molar-refractivity contribution in [1.82, 2.24) is 15.1 Å². The van der Waals surface area contributed by atoms with Gasteiger partial charge in [-0.3, -0.25) is 4.99 Å². The largest absolute Gasteiger partial charge is 0.354 e. The third kappa shape index (κ3) is 2.04. The molecule has 3 rings (SSSR count). The van der Waals surface area contributed by atoms with Gasteiger partial charge in [-0.05, 0) is 24.3 Å². The van der Waals surface area contributed by atoms with E-state index < -0.39 is 0 Å². The van der Waals surface area contributed by atoms with Crippen molar-refractivity contribution < 1.29 is 4.39 Å². The monoisotopic (exact) mass is 245 g/mol. The van der Waals surface area contributed by atoms with Gasteiger partial charge in [-0.15, -0.1) is 0 Å². The van der Waals surface area contributed by atoms with Crippen LogP contribution < -0.4 is 10.6 Å². The second-order valence-corrected chi connectivity index (χ2v) is 3.89. The first-order valence-electron chi connectivity index (χ1n) is 5.68. The Labute approximate surface area is 103 Å². The molecule has 1 aromatic heterocycles. The van der Waals surface area contributed by atoms with Gasteiger partial charge in [-0.2, -0.15) is 5.10 Å². The van der Waals surface area contributed by atoms with Crippen molar-refractivity contribution in [2.45, 2.75) is 0 Å². The highest BCUT2D eigenvalue weighted by molar-refractivity contribution is 5.94. The van der Waals surface area contributed by atoms with E-state index >= 15 is 0 Å². The summed E-state index contributed by atoms with van der Waals surface area (Å²) in [5, 5.41) is 10.5. The lowest BCUT2D eigenvalue weighted by atomic mass is 10.3. The second-order valence-electron chi connectivity index (χ2n) is 3.89. The molecule has 18 heavy (non-hydrogen) atoms. The van der Waals surface area contributed by atoms with Gasteiger partial charge in [-0.25, -0.2) is 9.07 Å². The van der Waals surface area contributed by atoms with E-state index in [-0.39, 0.29) is 5.82 Å². The first kappa shape index (κ1) is 10.8. The Kier molecular flexibility index (Phi) is 2.68. The average Bonchev–Trinajstić information content (AvgIpc) is 3.02. The van der Waals surface area contributed by atoms with E-state index in [4.69, 9.17) is 0 Å². The number of aliphatic imine (C=N–C) groups is 1. The van der Waals surface area contributed by atoms with E-state index in [0.717, 1.165) is 30.6 Å². The van der Waals surface area contributed by atoms with Crippen LogP contribution in [0.1, 0.15) is 0 Å². The van der Waals surface area contributed by atoms with E-state index in [9.17, 15) is 4.39 Å². The predicted molar refractivity (Wildman–Crippen MR) is 67.4 cm³/mol. The SMILES string of the molecule is Fc1ccc(-n2nccc2NC2=NCCN2)cc1. The van der Waals surface area contributed by atoms with Crippen molar-refractivity contribution in [2.75, 3.05) is 18.4 Å². The normalized spacial score (nSPS) is 14.2. The molecule has 5 nitrogen and oxygen atoms in total. The van der Waals surface area contributed by atoms with E-state index in [0.29, 0.717) is 0 Å². The highest BCUT2D eigenvalue weighted by Crippen LogP contribution is 2.15. The number of nitrogens with zero attached hydrogens (tertiary/aromatic N) is 3. The highest BCUT2D eigenvalue weighted by Gasteiger charge is 2.09. The van der Waals surface area contributed by atoms with Crippen molar-refractivity contribution in [2.24, 2.45) is 4.99 Å². The highest BCUT2D eigenvalue weighted by atomic mass is 19.1. The van der Waals surface area contributed by atoms with Crippen LogP contribution in [0.15, 0.2) is 41.5 Å². The van der Waals surface area contributed by atoms with E-state index in [1.165, 1.54) is 12.1 Å². The molecule has 1 aliphatic heterocycles. The van der Waals surface area contributed by atoms with Crippen molar-refractivity contribution in [3.05, 3.63) is 42.3 Å². The number of guanidine groups is 1. The fraction of sp³-hybridized carbons (Fsp3) is 0.167. The molecule has 6 heteroatoms. The van der Waals surface area contributed by atoms with Crippen molar-refractivity contribution in [3.8, 4) is 5.69 Å². The van der Waals surface area contributed by atoms with Crippen LogP contribution in [0.2, 0.25) is 0 Å². The van der Waals surface area contributed by atoms with Gasteiger partial charge in [-0.1, -0.05) is 0 Å². The number of anilines is 1. The summed E-state index contributed by atoms with van der Waals surface area (Å²) in [6.45, 7) is 1.61. The Hall–Kier alpha value is -2.37. The summed E-state index contributed by atoms with van der Waals surface area (Å²) in [4.78, 5) is 4.25. The first-order valence-corrected chi connectivity index (χ1v) is 5.68. The molecule has 0 fully saturated rings. The fourth-order valence-corrected chi connectivity index (χ4v) is 1.79. The third-order valence-corrected chi connectivity index (χ3v) is 2.63. The molecule has 0 bridgehead atoms. The number of hydrogen-bond donors (Lipinski definition) is 2. The minimum Gasteiger partial charge on any atom is -0.354 e. The summed E-state index contributed by atoms with van der Waals surface area (Å²) in [5.41, 5.74) is 0.794. The Morgan fingerprint density at radius 2 is 2.06 bits per heavy atom. The zero-order valence-corrected chi connectivity index (χ0v) is 9.60. The molecule has 0 unspecified atom stereocenters. The van der Waals surface area contributed by atoms with Crippen molar-refractivity contribution in [3.63, 3.8) is 0 Å². The summed E-state index contributed by atoms with van der Waals surface area (Å²) in [7, 11) is 0. The van der Waals surface area contributed by atoms with Gasteiger partial charge in [0.25, 0.3) is 0 Å². The molecule has 0 amide bonds. The Morgan fingerprint density at radius 3 is 2.78 bits per heavy atom. The molecule has 0 aliphatic carbocycles.